The number of β-amino-alcohol motifs (C(OH)–C–C–N with tert-alkyl or cyclic N) is 1. The summed E-state index contributed by atoms with van der Waals surface area (Å²) in [5.41, 5.74) is 1.42. The topological polar surface area (TPSA) is 116 Å². The van der Waals surface area contributed by atoms with Crippen LogP contribution in [0, 0.1) is 0 Å². The van der Waals surface area contributed by atoms with Crippen molar-refractivity contribution in [2.24, 2.45) is 0 Å². The highest BCUT2D eigenvalue weighted by Crippen LogP contribution is 2.44. The zero-order valence-electron chi connectivity index (χ0n) is 18.8. The van der Waals surface area contributed by atoms with E-state index in [0.717, 1.165) is 41.5 Å². The van der Waals surface area contributed by atoms with Crippen molar-refractivity contribution < 1.29 is 29.3 Å². The number of carboxylic acids is 1. The van der Waals surface area contributed by atoms with Gasteiger partial charge in [0.25, 0.3) is 0 Å². The molecule has 178 valence electrons. The lowest BCUT2D eigenvalue weighted by Gasteiger charge is -2.48. The standard InChI is InChI=1S/C26H28N2O6/c29-22(28-15-26(33,16-28)23(30)31)25(12-6-1-7-13-25)27-24(32)34-14-21-19-10-4-2-8-17(19)18-9-3-5-11-20(18)21/h2-5,8-11,21,33H,1,6-7,12-16H2,(H,27,32)(H,30,31). The predicted octanol–water partition coefficient (Wildman–Crippen LogP) is 2.89. The average molecular weight is 465 g/mol. The van der Waals surface area contributed by atoms with Gasteiger partial charge in [-0.25, -0.2) is 9.59 Å². The van der Waals surface area contributed by atoms with Crippen molar-refractivity contribution in [3.8, 4) is 11.1 Å². The van der Waals surface area contributed by atoms with Gasteiger partial charge in [-0.1, -0.05) is 67.8 Å². The quantitative estimate of drug-likeness (QED) is 0.627. The molecule has 1 aliphatic heterocycles. The molecule has 0 atom stereocenters. The van der Waals surface area contributed by atoms with E-state index < -0.39 is 23.2 Å². The molecule has 2 fully saturated rings. The van der Waals surface area contributed by atoms with Gasteiger partial charge in [0.15, 0.2) is 5.60 Å². The van der Waals surface area contributed by atoms with Gasteiger partial charge in [-0.2, -0.15) is 0 Å². The summed E-state index contributed by atoms with van der Waals surface area (Å²) in [6.07, 6.45) is 2.75. The number of amides is 2. The van der Waals surface area contributed by atoms with Gasteiger partial charge in [0.05, 0.1) is 13.1 Å². The van der Waals surface area contributed by atoms with Crippen LogP contribution in [0.4, 0.5) is 4.79 Å². The van der Waals surface area contributed by atoms with E-state index in [0.29, 0.717) is 12.8 Å². The van der Waals surface area contributed by atoms with Crippen molar-refractivity contribution in [1.29, 1.82) is 0 Å². The Bertz CT molecular complexity index is 1090. The summed E-state index contributed by atoms with van der Waals surface area (Å²) >= 11 is 0. The number of likely N-dealkylation sites (tertiary alicyclic amines) is 1. The summed E-state index contributed by atoms with van der Waals surface area (Å²) in [5.74, 6) is -1.79. The van der Waals surface area contributed by atoms with Crippen LogP contribution >= 0.6 is 0 Å². The van der Waals surface area contributed by atoms with Crippen molar-refractivity contribution >= 4 is 18.0 Å². The molecule has 3 aliphatic rings. The van der Waals surface area contributed by atoms with Crippen LogP contribution in [-0.4, -0.2) is 63.9 Å². The number of fused-ring (bicyclic) bond motifs is 3. The van der Waals surface area contributed by atoms with Crippen LogP contribution in [0.1, 0.15) is 49.1 Å². The van der Waals surface area contributed by atoms with Gasteiger partial charge in [-0.05, 0) is 35.1 Å². The molecule has 1 saturated carbocycles. The number of benzene rings is 2. The molecule has 8 heteroatoms. The number of hydrogen-bond donors (Lipinski definition) is 3. The normalized spacial score (nSPS) is 20.0. The Morgan fingerprint density at radius 2 is 1.50 bits per heavy atom. The Labute approximate surface area is 197 Å². The molecule has 0 unspecified atom stereocenters. The van der Waals surface area contributed by atoms with E-state index in [2.05, 4.69) is 17.4 Å². The fourth-order valence-electron chi connectivity index (χ4n) is 5.54. The van der Waals surface area contributed by atoms with Gasteiger partial charge < -0.3 is 25.2 Å². The minimum Gasteiger partial charge on any atom is -0.479 e. The summed E-state index contributed by atoms with van der Waals surface area (Å²) in [6.45, 7) is -0.419. The van der Waals surface area contributed by atoms with Crippen molar-refractivity contribution in [3.63, 3.8) is 0 Å². The zero-order valence-corrected chi connectivity index (χ0v) is 18.8. The van der Waals surface area contributed by atoms with E-state index in [1.807, 2.05) is 36.4 Å². The molecule has 8 nitrogen and oxygen atoms in total. The highest BCUT2D eigenvalue weighted by atomic mass is 16.5. The second-order valence-corrected chi connectivity index (χ2v) is 9.59. The first-order valence-electron chi connectivity index (χ1n) is 11.7. The van der Waals surface area contributed by atoms with Crippen LogP contribution in [0.15, 0.2) is 48.5 Å². The molecule has 0 bridgehead atoms. The predicted molar refractivity (Wildman–Crippen MR) is 123 cm³/mol. The minimum atomic E-state index is -1.92. The highest BCUT2D eigenvalue weighted by Gasteiger charge is 2.54. The fraction of sp³-hybridized carbons (Fsp3) is 0.423. The van der Waals surface area contributed by atoms with Gasteiger partial charge in [0.1, 0.15) is 12.1 Å². The average Bonchev–Trinajstić information content (AvgIpc) is 3.14. The Kier molecular flexibility index (Phi) is 5.56. The van der Waals surface area contributed by atoms with Crippen LogP contribution in [0.25, 0.3) is 11.1 Å². The Balaban J connectivity index is 1.28. The van der Waals surface area contributed by atoms with E-state index in [4.69, 9.17) is 9.84 Å². The van der Waals surface area contributed by atoms with Gasteiger partial charge in [0, 0.05) is 5.92 Å². The highest BCUT2D eigenvalue weighted by molar-refractivity contribution is 5.93. The summed E-state index contributed by atoms with van der Waals surface area (Å²) in [5, 5.41) is 22.0. The molecule has 2 aliphatic carbocycles. The SMILES string of the molecule is O=C(NC1(C(=O)N2CC(O)(C(=O)O)C2)CCCCC1)OCC1c2ccccc2-c2ccccc21. The number of carbonyl (C=O) groups excluding carboxylic acids is 2. The first-order chi connectivity index (χ1) is 16.3. The minimum absolute atomic E-state index is 0.0860. The molecule has 3 N–H and O–H groups in total. The lowest BCUT2D eigenvalue weighted by molar-refractivity contribution is -0.185. The number of nitrogens with one attached hydrogen (secondary N) is 1. The lowest BCUT2D eigenvalue weighted by Crippen LogP contribution is -2.72. The maximum absolute atomic E-state index is 13.3. The number of ether oxygens (including phenoxy) is 1. The number of aliphatic carboxylic acids is 1. The van der Waals surface area contributed by atoms with Crippen molar-refractivity contribution in [3.05, 3.63) is 59.7 Å². The number of carboxylic acid groups (broad SMARTS) is 1. The Morgan fingerprint density at radius 1 is 0.941 bits per heavy atom. The van der Waals surface area contributed by atoms with Crippen molar-refractivity contribution in [2.45, 2.75) is 49.2 Å². The van der Waals surface area contributed by atoms with Gasteiger partial charge in [0.2, 0.25) is 5.91 Å². The second kappa shape index (κ2) is 8.43. The van der Waals surface area contributed by atoms with E-state index in [-0.39, 0.29) is 31.5 Å². The summed E-state index contributed by atoms with van der Waals surface area (Å²) in [6, 6.07) is 16.1. The van der Waals surface area contributed by atoms with E-state index in [1.165, 1.54) is 4.90 Å². The third-order valence-electron chi connectivity index (χ3n) is 7.39. The van der Waals surface area contributed by atoms with E-state index in [9.17, 15) is 19.5 Å². The largest absolute Gasteiger partial charge is 0.479 e. The monoisotopic (exact) mass is 464 g/mol. The molecule has 1 heterocycles. The molecule has 34 heavy (non-hydrogen) atoms. The van der Waals surface area contributed by atoms with E-state index in [1.54, 1.807) is 0 Å². The Hall–Kier alpha value is -3.39. The number of carbonyl (C=O) groups is 3. The van der Waals surface area contributed by atoms with Gasteiger partial charge in [-0.15, -0.1) is 0 Å². The van der Waals surface area contributed by atoms with E-state index >= 15 is 0 Å². The number of nitrogens with zero attached hydrogens (tertiary/aromatic N) is 1. The zero-order chi connectivity index (χ0) is 23.9. The molecule has 0 aromatic heterocycles. The first-order valence-corrected chi connectivity index (χ1v) is 11.7. The Morgan fingerprint density at radius 3 is 2.06 bits per heavy atom. The van der Waals surface area contributed by atoms with Crippen LogP contribution < -0.4 is 5.32 Å². The van der Waals surface area contributed by atoms with Gasteiger partial charge in [-0.3, -0.25) is 4.79 Å². The smallest absolute Gasteiger partial charge is 0.408 e. The molecule has 2 amide bonds. The maximum Gasteiger partial charge on any atom is 0.408 e. The number of hydrogen-bond acceptors (Lipinski definition) is 5. The lowest BCUT2D eigenvalue weighted by atomic mass is 9.79. The number of aliphatic hydroxyl groups is 1. The summed E-state index contributed by atoms with van der Waals surface area (Å²) in [4.78, 5) is 38.7. The summed E-state index contributed by atoms with van der Waals surface area (Å²) < 4.78 is 5.66. The summed E-state index contributed by atoms with van der Waals surface area (Å²) in [7, 11) is 0. The van der Waals surface area contributed by atoms with Crippen LogP contribution in [-0.2, 0) is 14.3 Å². The molecule has 0 radical (unpaired) electrons. The molecular weight excluding hydrogens is 436 g/mol. The van der Waals surface area contributed by atoms with Gasteiger partial charge >= 0.3 is 12.1 Å². The first kappa shape index (κ1) is 22.4. The van der Waals surface area contributed by atoms with Crippen molar-refractivity contribution in [2.75, 3.05) is 19.7 Å². The van der Waals surface area contributed by atoms with Crippen LogP contribution in [0.2, 0.25) is 0 Å². The van der Waals surface area contributed by atoms with Crippen molar-refractivity contribution in [1.82, 2.24) is 10.2 Å². The molecule has 0 spiro atoms. The fourth-order valence-corrected chi connectivity index (χ4v) is 5.54. The molecule has 1 saturated heterocycles. The molecule has 2 aromatic rings. The number of alkyl carbamates (subject to hydrolysis) is 1. The third-order valence-corrected chi connectivity index (χ3v) is 7.39. The molecule has 2 aromatic carbocycles. The number of rotatable bonds is 5. The molecular formula is C26H28N2O6. The third kappa shape index (κ3) is 3.72. The molecule has 5 rings (SSSR count). The van der Waals surface area contributed by atoms with Crippen LogP contribution in [0.3, 0.4) is 0 Å². The maximum atomic E-state index is 13.3. The second-order valence-electron chi connectivity index (χ2n) is 9.59. The van der Waals surface area contributed by atoms with Crippen LogP contribution in [0.5, 0.6) is 0 Å².